The van der Waals surface area contributed by atoms with Gasteiger partial charge in [0.25, 0.3) is 0 Å². The van der Waals surface area contributed by atoms with Gasteiger partial charge in [0.1, 0.15) is 5.75 Å². The van der Waals surface area contributed by atoms with Crippen molar-refractivity contribution in [3.8, 4) is 5.75 Å². The maximum Gasteiger partial charge on any atom is 0.234 e. The molecule has 0 saturated carbocycles. The molecule has 6 heteroatoms. The van der Waals surface area contributed by atoms with Crippen molar-refractivity contribution < 1.29 is 14.3 Å². The molecule has 0 atom stereocenters. The first kappa shape index (κ1) is 17.9. The van der Waals surface area contributed by atoms with E-state index in [1.165, 1.54) is 11.8 Å². The van der Waals surface area contributed by atoms with Crippen molar-refractivity contribution >= 4 is 35.0 Å². The highest BCUT2D eigenvalue weighted by Gasteiger charge is 2.07. The molecule has 5 nitrogen and oxygen atoms in total. The van der Waals surface area contributed by atoms with E-state index in [1.54, 1.807) is 31.4 Å². The molecule has 2 rings (SSSR count). The highest BCUT2D eigenvalue weighted by molar-refractivity contribution is 8.00. The SMILES string of the molecule is COc1ccc(NC(=O)CSCC(=O)Nc2cccc(C)c2)cc1. The Kier molecular flexibility index (Phi) is 6.69. The number of ether oxygens (including phenoxy) is 1. The minimum Gasteiger partial charge on any atom is -0.497 e. The van der Waals surface area contributed by atoms with Crippen LogP contribution in [-0.2, 0) is 9.59 Å². The second-order valence-electron chi connectivity index (χ2n) is 5.19. The summed E-state index contributed by atoms with van der Waals surface area (Å²) < 4.78 is 5.06. The predicted octanol–water partition coefficient (Wildman–Crippen LogP) is 3.31. The fourth-order valence-electron chi connectivity index (χ4n) is 2.03. The van der Waals surface area contributed by atoms with E-state index < -0.39 is 0 Å². The summed E-state index contributed by atoms with van der Waals surface area (Å²) in [5.74, 6) is 0.906. The van der Waals surface area contributed by atoms with Crippen molar-refractivity contribution in [2.75, 3.05) is 29.2 Å². The Morgan fingerprint density at radius 3 is 2.17 bits per heavy atom. The number of benzene rings is 2. The molecule has 24 heavy (non-hydrogen) atoms. The molecule has 0 saturated heterocycles. The Hall–Kier alpha value is -2.47. The maximum absolute atomic E-state index is 11.9. The standard InChI is InChI=1S/C18H20N2O3S/c1-13-4-3-5-15(10-13)20-18(22)12-24-11-17(21)19-14-6-8-16(23-2)9-7-14/h3-10H,11-12H2,1-2H3,(H,19,21)(H,20,22). The molecule has 0 heterocycles. The average Bonchev–Trinajstić information content (AvgIpc) is 2.55. The zero-order valence-electron chi connectivity index (χ0n) is 13.7. The number of anilines is 2. The summed E-state index contributed by atoms with van der Waals surface area (Å²) in [4.78, 5) is 23.7. The van der Waals surface area contributed by atoms with Gasteiger partial charge >= 0.3 is 0 Å². The van der Waals surface area contributed by atoms with Gasteiger partial charge < -0.3 is 15.4 Å². The number of carbonyl (C=O) groups is 2. The highest BCUT2D eigenvalue weighted by atomic mass is 32.2. The van der Waals surface area contributed by atoms with E-state index in [1.807, 2.05) is 31.2 Å². The molecule has 0 aliphatic rings. The summed E-state index contributed by atoms with van der Waals surface area (Å²) in [6, 6.07) is 14.7. The van der Waals surface area contributed by atoms with Crippen LogP contribution in [0.2, 0.25) is 0 Å². The molecule has 0 unspecified atom stereocenters. The van der Waals surface area contributed by atoms with Crippen LogP contribution in [0.15, 0.2) is 48.5 Å². The van der Waals surface area contributed by atoms with E-state index in [0.717, 1.165) is 17.0 Å². The smallest absolute Gasteiger partial charge is 0.234 e. The summed E-state index contributed by atoms with van der Waals surface area (Å²) in [5.41, 5.74) is 2.55. The van der Waals surface area contributed by atoms with Gasteiger partial charge in [-0.3, -0.25) is 9.59 Å². The Balaban J connectivity index is 1.70. The van der Waals surface area contributed by atoms with E-state index in [2.05, 4.69) is 10.6 Å². The lowest BCUT2D eigenvalue weighted by atomic mass is 10.2. The number of rotatable bonds is 7. The fraction of sp³-hybridized carbons (Fsp3) is 0.222. The van der Waals surface area contributed by atoms with Crippen LogP contribution < -0.4 is 15.4 Å². The normalized spacial score (nSPS) is 10.1. The van der Waals surface area contributed by atoms with Gasteiger partial charge in [-0.2, -0.15) is 0 Å². The topological polar surface area (TPSA) is 67.4 Å². The van der Waals surface area contributed by atoms with Crippen molar-refractivity contribution in [1.82, 2.24) is 0 Å². The molecule has 0 aliphatic heterocycles. The number of thioether (sulfide) groups is 1. The van der Waals surface area contributed by atoms with Crippen molar-refractivity contribution in [3.05, 3.63) is 54.1 Å². The van der Waals surface area contributed by atoms with E-state index in [4.69, 9.17) is 4.74 Å². The molecule has 0 fully saturated rings. The summed E-state index contributed by atoms with van der Waals surface area (Å²) >= 11 is 1.27. The van der Waals surface area contributed by atoms with E-state index in [0.29, 0.717) is 5.69 Å². The molecule has 0 bridgehead atoms. The minimum atomic E-state index is -0.145. The van der Waals surface area contributed by atoms with Crippen LogP contribution in [0, 0.1) is 6.92 Å². The third kappa shape index (κ3) is 5.96. The maximum atomic E-state index is 11.9. The molecule has 0 aliphatic carbocycles. The monoisotopic (exact) mass is 344 g/mol. The number of nitrogens with one attached hydrogen (secondary N) is 2. The molecule has 0 spiro atoms. The second-order valence-corrected chi connectivity index (χ2v) is 6.17. The lowest BCUT2D eigenvalue weighted by molar-refractivity contribution is -0.114. The zero-order valence-corrected chi connectivity index (χ0v) is 14.5. The summed E-state index contributed by atoms with van der Waals surface area (Å²) in [6.45, 7) is 1.97. The molecule has 0 radical (unpaired) electrons. The first-order valence-corrected chi connectivity index (χ1v) is 8.60. The van der Waals surface area contributed by atoms with Gasteiger partial charge in [0.2, 0.25) is 11.8 Å². The lowest BCUT2D eigenvalue weighted by Gasteiger charge is -2.07. The van der Waals surface area contributed by atoms with Crippen LogP contribution in [0.25, 0.3) is 0 Å². The van der Waals surface area contributed by atoms with Crippen molar-refractivity contribution in [2.24, 2.45) is 0 Å². The van der Waals surface area contributed by atoms with E-state index in [-0.39, 0.29) is 23.3 Å². The summed E-state index contributed by atoms with van der Waals surface area (Å²) in [5, 5.41) is 5.59. The van der Waals surface area contributed by atoms with Gasteiger partial charge in [-0.05, 0) is 48.9 Å². The number of carbonyl (C=O) groups excluding carboxylic acids is 2. The van der Waals surface area contributed by atoms with Crippen LogP contribution in [-0.4, -0.2) is 30.4 Å². The Labute approximate surface area is 145 Å². The number of hydrogen-bond donors (Lipinski definition) is 2. The summed E-state index contributed by atoms with van der Waals surface area (Å²) in [6.07, 6.45) is 0. The Morgan fingerprint density at radius 2 is 1.58 bits per heavy atom. The molecule has 0 aromatic heterocycles. The molecular formula is C18H20N2O3S. The summed E-state index contributed by atoms with van der Waals surface area (Å²) in [7, 11) is 1.59. The van der Waals surface area contributed by atoms with Crippen molar-refractivity contribution in [2.45, 2.75) is 6.92 Å². The van der Waals surface area contributed by atoms with Crippen molar-refractivity contribution in [3.63, 3.8) is 0 Å². The van der Waals surface area contributed by atoms with Gasteiger partial charge in [-0.1, -0.05) is 12.1 Å². The third-order valence-electron chi connectivity index (χ3n) is 3.14. The van der Waals surface area contributed by atoms with Gasteiger partial charge in [0, 0.05) is 11.4 Å². The largest absolute Gasteiger partial charge is 0.497 e. The zero-order chi connectivity index (χ0) is 17.4. The van der Waals surface area contributed by atoms with Crippen LogP contribution in [0.3, 0.4) is 0 Å². The van der Waals surface area contributed by atoms with E-state index >= 15 is 0 Å². The number of hydrogen-bond acceptors (Lipinski definition) is 4. The second kappa shape index (κ2) is 8.98. The highest BCUT2D eigenvalue weighted by Crippen LogP contribution is 2.15. The first-order chi connectivity index (χ1) is 11.6. The van der Waals surface area contributed by atoms with E-state index in [9.17, 15) is 9.59 Å². The van der Waals surface area contributed by atoms with Crippen LogP contribution in [0.5, 0.6) is 5.75 Å². The van der Waals surface area contributed by atoms with Gasteiger partial charge in [-0.25, -0.2) is 0 Å². The quantitative estimate of drug-likeness (QED) is 0.809. The average molecular weight is 344 g/mol. The van der Waals surface area contributed by atoms with Crippen LogP contribution in [0.1, 0.15) is 5.56 Å². The van der Waals surface area contributed by atoms with Gasteiger partial charge in [-0.15, -0.1) is 11.8 Å². The Bertz CT molecular complexity index is 702. The first-order valence-electron chi connectivity index (χ1n) is 7.45. The van der Waals surface area contributed by atoms with Crippen molar-refractivity contribution in [1.29, 1.82) is 0 Å². The Morgan fingerprint density at radius 1 is 0.958 bits per heavy atom. The predicted molar refractivity (Wildman–Crippen MR) is 98.8 cm³/mol. The molecule has 2 amide bonds. The lowest BCUT2D eigenvalue weighted by Crippen LogP contribution is -2.18. The van der Waals surface area contributed by atoms with Gasteiger partial charge in [0.05, 0.1) is 18.6 Å². The molecule has 2 N–H and O–H groups in total. The minimum absolute atomic E-state index is 0.122. The number of aryl methyl sites for hydroxylation is 1. The number of methoxy groups -OCH3 is 1. The molecule has 2 aromatic carbocycles. The molecule has 2 aromatic rings. The fourth-order valence-corrected chi connectivity index (χ4v) is 2.64. The van der Waals surface area contributed by atoms with Crippen LogP contribution in [0.4, 0.5) is 11.4 Å². The third-order valence-corrected chi connectivity index (χ3v) is 4.07. The number of amides is 2. The molecule has 126 valence electrons. The molecular weight excluding hydrogens is 324 g/mol. The van der Waals surface area contributed by atoms with Gasteiger partial charge in [0.15, 0.2) is 0 Å². The van der Waals surface area contributed by atoms with Crippen LogP contribution >= 0.6 is 11.8 Å².